The fourth-order valence-electron chi connectivity index (χ4n) is 2.51. The molecule has 0 aromatic carbocycles. The predicted octanol–water partition coefficient (Wildman–Crippen LogP) is -0.239. The van der Waals surface area contributed by atoms with Crippen LogP contribution in [0.15, 0.2) is 0 Å². The van der Waals surface area contributed by atoms with Gasteiger partial charge in [-0.3, -0.25) is 19.2 Å². The summed E-state index contributed by atoms with van der Waals surface area (Å²) >= 11 is 1.24. The maximum atomic E-state index is 11.6. The summed E-state index contributed by atoms with van der Waals surface area (Å²) in [4.78, 5) is 45.9. The van der Waals surface area contributed by atoms with Gasteiger partial charge in [0.25, 0.3) is 0 Å². The van der Waals surface area contributed by atoms with Gasteiger partial charge >= 0.3 is 23.9 Å². The first-order chi connectivity index (χ1) is 12.6. The first-order valence-electron chi connectivity index (χ1n) is 8.27. The van der Waals surface area contributed by atoms with E-state index in [0.717, 1.165) is 0 Å². The van der Waals surface area contributed by atoms with E-state index in [0.29, 0.717) is 12.3 Å². The van der Waals surface area contributed by atoms with Crippen molar-refractivity contribution < 1.29 is 42.9 Å². The molecule has 0 aromatic rings. The summed E-state index contributed by atoms with van der Waals surface area (Å²) in [6, 6.07) is 0. The molecule has 0 saturated carbocycles. The van der Waals surface area contributed by atoms with Gasteiger partial charge in [-0.15, -0.1) is 11.8 Å². The Morgan fingerprint density at radius 1 is 0.852 bits per heavy atom. The van der Waals surface area contributed by atoms with Gasteiger partial charge in [0.05, 0.1) is 0 Å². The van der Waals surface area contributed by atoms with Crippen molar-refractivity contribution >= 4 is 35.6 Å². The lowest BCUT2D eigenvalue weighted by atomic mass is 9.99. The second-order valence-electron chi connectivity index (χ2n) is 5.73. The van der Waals surface area contributed by atoms with Crippen LogP contribution in [0, 0.1) is 0 Å². The first kappa shape index (κ1) is 23.2. The maximum absolute atomic E-state index is 11.6. The zero-order valence-corrected chi connectivity index (χ0v) is 16.5. The number of carbonyl (C=O) groups excluding carboxylic acids is 4. The molecule has 0 spiro atoms. The molecule has 10 nitrogen and oxygen atoms in total. The third-order valence-corrected chi connectivity index (χ3v) is 4.53. The van der Waals surface area contributed by atoms with Crippen LogP contribution in [-0.2, 0) is 42.9 Å². The molecule has 1 aliphatic heterocycles. The van der Waals surface area contributed by atoms with Gasteiger partial charge in [0, 0.05) is 40.0 Å². The minimum absolute atomic E-state index is 0.239. The monoisotopic (exact) mass is 407 g/mol. The highest BCUT2D eigenvalue weighted by molar-refractivity contribution is 7.99. The Morgan fingerprint density at radius 2 is 1.37 bits per heavy atom. The molecule has 0 aromatic heterocycles. The molecule has 2 N–H and O–H groups in total. The summed E-state index contributed by atoms with van der Waals surface area (Å²) in [7, 11) is 0. The van der Waals surface area contributed by atoms with Crippen molar-refractivity contribution in [2.45, 2.75) is 57.5 Å². The molecule has 0 aliphatic carbocycles. The van der Waals surface area contributed by atoms with E-state index < -0.39 is 53.7 Å². The van der Waals surface area contributed by atoms with Crippen LogP contribution in [0.5, 0.6) is 0 Å². The molecular weight excluding hydrogens is 382 g/mol. The average Bonchev–Trinajstić information content (AvgIpc) is 2.54. The van der Waals surface area contributed by atoms with E-state index in [9.17, 15) is 19.2 Å². The van der Waals surface area contributed by atoms with Crippen molar-refractivity contribution in [3.63, 3.8) is 0 Å². The van der Waals surface area contributed by atoms with Crippen LogP contribution < -0.4 is 5.73 Å². The molecule has 1 heterocycles. The Labute approximate surface area is 161 Å². The summed E-state index contributed by atoms with van der Waals surface area (Å²) < 4.78 is 26.7. The average molecular weight is 407 g/mol. The van der Waals surface area contributed by atoms with E-state index in [-0.39, 0.29) is 6.61 Å². The fourth-order valence-corrected chi connectivity index (χ4v) is 3.50. The molecule has 11 heteroatoms. The molecule has 0 amide bonds. The van der Waals surface area contributed by atoms with E-state index in [2.05, 4.69) is 0 Å². The van der Waals surface area contributed by atoms with Gasteiger partial charge < -0.3 is 29.4 Å². The lowest BCUT2D eigenvalue weighted by Crippen LogP contribution is -2.61. The lowest BCUT2D eigenvalue weighted by molar-refractivity contribution is -0.237. The molecule has 1 saturated heterocycles. The molecule has 1 rings (SSSR count). The van der Waals surface area contributed by atoms with Crippen LogP contribution in [0.1, 0.15) is 27.7 Å². The van der Waals surface area contributed by atoms with Crippen LogP contribution in [0.3, 0.4) is 0 Å². The van der Waals surface area contributed by atoms with Crippen LogP contribution in [0.2, 0.25) is 0 Å². The van der Waals surface area contributed by atoms with Crippen molar-refractivity contribution in [1.29, 1.82) is 0 Å². The summed E-state index contributed by atoms with van der Waals surface area (Å²) in [5, 5.41) is 0. The molecule has 1 fully saturated rings. The number of nitrogens with two attached hydrogens (primary N) is 1. The standard InChI is InChI=1S/C16H25NO9S/c1-8(18)22-7-12-13(23-9(2)19)14(24-10(3)20)15(25-11(4)21)16(26-12)27-6-5-17/h12-16H,5-7,17H2,1-4H3/t12?,13?,14?,15?,16-/m0/s1. The van der Waals surface area contributed by atoms with Gasteiger partial charge in [-0.05, 0) is 0 Å². The largest absolute Gasteiger partial charge is 0.463 e. The van der Waals surface area contributed by atoms with Gasteiger partial charge in [-0.1, -0.05) is 0 Å². The molecule has 0 radical (unpaired) electrons. The minimum atomic E-state index is -1.14. The highest BCUT2D eigenvalue weighted by Crippen LogP contribution is 2.34. The number of rotatable bonds is 8. The van der Waals surface area contributed by atoms with Crippen LogP contribution >= 0.6 is 11.8 Å². The smallest absolute Gasteiger partial charge is 0.303 e. The van der Waals surface area contributed by atoms with Gasteiger partial charge in [0.2, 0.25) is 0 Å². The number of carbonyl (C=O) groups is 4. The summed E-state index contributed by atoms with van der Waals surface area (Å²) in [5.41, 5.74) is 4.76. The Bertz CT molecular complexity index is 556. The van der Waals surface area contributed by atoms with Crippen molar-refractivity contribution in [1.82, 2.24) is 0 Å². The lowest BCUT2D eigenvalue weighted by Gasteiger charge is -2.44. The fraction of sp³-hybridized carbons (Fsp3) is 0.750. The SMILES string of the molecule is CC(=O)OCC1O[C@@H](SCCN)C(OC(C)=O)C(OC(C)=O)C1OC(C)=O. The van der Waals surface area contributed by atoms with E-state index >= 15 is 0 Å². The highest BCUT2D eigenvalue weighted by Gasteiger charge is 2.52. The Morgan fingerprint density at radius 3 is 1.85 bits per heavy atom. The molecule has 154 valence electrons. The quantitative estimate of drug-likeness (QED) is 0.421. The van der Waals surface area contributed by atoms with Gasteiger partial charge in [-0.2, -0.15) is 0 Å². The molecular formula is C16H25NO9S. The molecule has 4 unspecified atom stereocenters. The third kappa shape index (κ3) is 7.73. The Kier molecular flexibility index (Phi) is 9.53. The summed E-state index contributed by atoms with van der Waals surface area (Å²) in [6.07, 6.45) is -4.24. The van der Waals surface area contributed by atoms with E-state index in [1.165, 1.54) is 39.5 Å². The number of esters is 4. The number of hydrogen-bond donors (Lipinski definition) is 1. The summed E-state index contributed by atoms with van der Waals surface area (Å²) in [5.74, 6) is -2.04. The predicted molar refractivity (Wildman–Crippen MR) is 93.5 cm³/mol. The Hall–Kier alpha value is -1.85. The van der Waals surface area contributed by atoms with Gasteiger partial charge in [0.15, 0.2) is 18.3 Å². The van der Waals surface area contributed by atoms with Crippen LogP contribution in [-0.4, -0.2) is 72.6 Å². The third-order valence-electron chi connectivity index (χ3n) is 3.35. The topological polar surface area (TPSA) is 140 Å². The van der Waals surface area contributed by atoms with E-state index in [1.807, 2.05) is 0 Å². The second kappa shape index (κ2) is 11.1. The molecule has 5 atom stereocenters. The molecule has 1 aliphatic rings. The summed E-state index contributed by atoms with van der Waals surface area (Å²) in [6.45, 7) is 4.85. The van der Waals surface area contributed by atoms with Crippen molar-refractivity contribution in [3.05, 3.63) is 0 Å². The van der Waals surface area contributed by atoms with Gasteiger partial charge in [0.1, 0.15) is 18.1 Å². The van der Waals surface area contributed by atoms with Crippen LogP contribution in [0.25, 0.3) is 0 Å². The Balaban J connectivity index is 3.22. The molecule has 27 heavy (non-hydrogen) atoms. The highest BCUT2D eigenvalue weighted by atomic mass is 32.2. The van der Waals surface area contributed by atoms with Crippen LogP contribution in [0.4, 0.5) is 0 Å². The number of thioether (sulfide) groups is 1. The molecule has 0 bridgehead atoms. The van der Waals surface area contributed by atoms with E-state index in [4.69, 9.17) is 29.4 Å². The van der Waals surface area contributed by atoms with Gasteiger partial charge in [-0.25, -0.2) is 0 Å². The minimum Gasteiger partial charge on any atom is -0.463 e. The zero-order valence-electron chi connectivity index (χ0n) is 15.7. The normalized spacial score (nSPS) is 27.4. The zero-order chi connectivity index (χ0) is 20.6. The first-order valence-corrected chi connectivity index (χ1v) is 9.32. The number of ether oxygens (including phenoxy) is 5. The van der Waals surface area contributed by atoms with E-state index in [1.54, 1.807) is 0 Å². The van der Waals surface area contributed by atoms with Crippen molar-refractivity contribution in [2.75, 3.05) is 18.9 Å². The van der Waals surface area contributed by atoms with Crippen molar-refractivity contribution in [3.8, 4) is 0 Å². The second-order valence-corrected chi connectivity index (χ2v) is 6.93. The van der Waals surface area contributed by atoms with Crippen molar-refractivity contribution in [2.24, 2.45) is 5.73 Å². The number of hydrogen-bond acceptors (Lipinski definition) is 11. The maximum Gasteiger partial charge on any atom is 0.303 e.